The van der Waals surface area contributed by atoms with Crippen molar-refractivity contribution in [2.75, 3.05) is 20.2 Å². The van der Waals surface area contributed by atoms with E-state index in [1.807, 2.05) is 13.0 Å². The lowest BCUT2D eigenvalue weighted by Crippen LogP contribution is -2.21. The Morgan fingerprint density at radius 2 is 2.21 bits per heavy atom. The molecule has 0 saturated carbocycles. The second-order valence-electron chi connectivity index (χ2n) is 5.16. The highest BCUT2D eigenvalue weighted by Crippen LogP contribution is 2.41. The normalized spacial score (nSPS) is 19.7. The Morgan fingerprint density at radius 1 is 1.42 bits per heavy atom. The molecule has 1 aliphatic rings. The standard InChI is InChI=1S/C15H21F2NO/c1-3-11-4-5-14(19-2)13(8-11)15(16,17)9-12-6-7-18-10-12/h4-5,8,12,18H,3,6-7,9-10H2,1-2H3. The Kier molecular flexibility index (Phi) is 4.40. The van der Waals surface area contributed by atoms with Crippen LogP contribution in [0.4, 0.5) is 8.78 Å². The first-order valence-corrected chi connectivity index (χ1v) is 6.82. The second kappa shape index (κ2) is 5.87. The van der Waals surface area contributed by atoms with Crippen LogP contribution in [-0.2, 0) is 12.3 Å². The molecule has 1 saturated heterocycles. The van der Waals surface area contributed by atoms with Gasteiger partial charge in [0.1, 0.15) is 5.75 Å². The fourth-order valence-corrected chi connectivity index (χ4v) is 2.62. The van der Waals surface area contributed by atoms with E-state index in [-0.39, 0.29) is 23.7 Å². The summed E-state index contributed by atoms with van der Waals surface area (Å²) in [4.78, 5) is 0. The van der Waals surface area contributed by atoms with Crippen LogP contribution in [0.15, 0.2) is 18.2 Å². The zero-order valence-corrected chi connectivity index (χ0v) is 11.5. The van der Waals surface area contributed by atoms with Crippen molar-refractivity contribution in [1.29, 1.82) is 0 Å². The number of aryl methyl sites for hydroxylation is 1. The van der Waals surface area contributed by atoms with E-state index in [4.69, 9.17) is 4.74 Å². The van der Waals surface area contributed by atoms with E-state index < -0.39 is 5.92 Å². The van der Waals surface area contributed by atoms with E-state index in [0.29, 0.717) is 6.54 Å². The average molecular weight is 269 g/mol. The molecule has 0 aliphatic carbocycles. The van der Waals surface area contributed by atoms with E-state index in [2.05, 4.69) is 5.32 Å². The van der Waals surface area contributed by atoms with E-state index in [9.17, 15) is 8.78 Å². The van der Waals surface area contributed by atoms with Gasteiger partial charge in [0.2, 0.25) is 0 Å². The van der Waals surface area contributed by atoms with Gasteiger partial charge < -0.3 is 10.1 Å². The topological polar surface area (TPSA) is 21.3 Å². The summed E-state index contributed by atoms with van der Waals surface area (Å²) in [5.74, 6) is -2.49. The summed E-state index contributed by atoms with van der Waals surface area (Å²) in [5.41, 5.74) is 0.946. The first-order valence-electron chi connectivity index (χ1n) is 6.82. The van der Waals surface area contributed by atoms with E-state index >= 15 is 0 Å². The monoisotopic (exact) mass is 269 g/mol. The van der Waals surface area contributed by atoms with Crippen molar-refractivity contribution >= 4 is 0 Å². The molecule has 0 bridgehead atoms. The number of rotatable bonds is 5. The molecule has 1 fully saturated rings. The molecule has 1 aromatic rings. The van der Waals surface area contributed by atoms with Crippen molar-refractivity contribution in [1.82, 2.24) is 5.32 Å². The average Bonchev–Trinajstić information content (AvgIpc) is 2.90. The van der Waals surface area contributed by atoms with Crippen LogP contribution < -0.4 is 10.1 Å². The summed E-state index contributed by atoms with van der Waals surface area (Å²) in [5, 5.41) is 3.13. The van der Waals surface area contributed by atoms with Crippen LogP contribution in [0.25, 0.3) is 0 Å². The molecule has 1 atom stereocenters. The Bertz CT molecular complexity index is 428. The summed E-state index contributed by atoms with van der Waals surface area (Å²) >= 11 is 0. The van der Waals surface area contributed by atoms with Gasteiger partial charge in [-0.3, -0.25) is 0 Å². The van der Waals surface area contributed by atoms with Gasteiger partial charge in [0.25, 0.3) is 5.92 Å². The van der Waals surface area contributed by atoms with Gasteiger partial charge in [-0.2, -0.15) is 0 Å². The summed E-state index contributed by atoms with van der Waals surface area (Å²) in [6.07, 6.45) is 1.47. The molecule has 106 valence electrons. The van der Waals surface area contributed by atoms with Gasteiger partial charge in [-0.05, 0) is 49.5 Å². The molecule has 1 N–H and O–H groups in total. The van der Waals surface area contributed by atoms with Crippen molar-refractivity contribution < 1.29 is 13.5 Å². The van der Waals surface area contributed by atoms with Gasteiger partial charge >= 0.3 is 0 Å². The number of halogens is 2. The molecule has 0 aromatic heterocycles. The molecule has 1 aliphatic heterocycles. The number of benzene rings is 1. The van der Waals surface area contributed by atoms with Gasteiger partial charge in [-0.25, -0.2) is 8.78 Å². The summed E-state index contributed by atoms with van der Waals surface area (Å²) in [6.45, 7) is 3.49. The Labute approximate surface area is 113 Å². The number of hydrogen-bond donors (Lipinski definition) is 1. The highest BCUT2D eigenvalue weighted by molar-refractivity contribution is 5.40. The Morgan fingerprint density at radius 3 is 2.79 bits per heavy atom. The molecule has 4 heteroatoms. The molecule has 0 radical (unpaired) electrons. The van der Waals surface area contributed by atoms with Crippen molar-refractivity contribution in [2.45, 2.75) is 32.1 Å². The third-order valence-electron chi connectivity index (χ3n) is 3.77. The number of ether oxygens (including phenoxy) is 1. The Balaban J connectivity index is 2.25. The predicted octanol–water partition coefficient (Wildman–Crippen LogP) is 3.35. The zero-order valence-electron chi connectivity index (χ0n) is 11.5. The maximum atomic E-state index is 14.5. The van der Waals surface area contributed by atoms with Gasteiger partial charge in [0.15, 0.2) is 0 Å². The highest BCUT2D eigenvalue weighted by atomic mass is 19.3. The van der Waals surface area contributed by atoms with Crippen LogP contribution in [0.1, 0.15) is 30.9 Å². The summed E-state index contributed by atoms with van der Waals surface area (Å²) < 4.78 is 34.0. The summed E-state index contributed by atoms with van der Waals surface area (Å²) in [6, 6.07) is 5.08. The lowest BCUT2D eigenvalue weighted by Gasteiger charge is -2.22. The molecule has 1 heterocycles. The third-order valence-corrected chi connectivity index (χ3v) is 3.77. The van der Waals surface area contributed by atoms with Crippen LogP contribution in [0.2, 0.25) is 0 Å². The van der Waals surface area contributed by atoms with Crippen molar-refractivity contribution in [3.05, 3.63) is 29.3 Å². The van der Waals surface area contributed by atoms with E-state index in [0.717, 1.165) is 24.9 Å². The van der Waals surface area contributed by atoms with Gasteiger partial charge in [0.05, 0.1) is 12.7 Å². The minimum atomic E-state index is -2.83. The van der Waals surface area contributed by atoms with Crippen molar-refractivity contribution in [2.24, 2.45) is 5.92 Å². The van der Waals surface area contributed by atoms with Crippen molar-refractivity contribution in [3.63, 3.8) is 0 Å². The van der Waals surface area contributed by atoms with Crippen LogP contribution in [0.3, 0.4) is 0 Å². The molecule has 1 aromatic carbocycles. The number of hydrogen-bond acceptors (Lipinski definition) is 2. The highest BCUT2D eigenvalue weighted by Gasteiger charge is 2.38. The van der Waals surface area contributed by atoms with E-state index in [1.54, 1.807) is 12.1 Å². The number of nitrogens with one attached hydrogen (secondary N) is 1. The quantitative estimate of drug-likeness (QED) is 0.885. The maximum Gasteiger partial charge on any atom is 0.277 e. The molecule has 19 heavy (non-hydrogen) atoms. The Hall–Kier alpha value is -1.16. The first-order chi connectivity index (χ1) is 9.06. The van der Waals surface area contributed by atoms with Gasteiger partial charge in [-0.1, -0.05) is 13.0 Å². The SMILES string of the molecule is CCc1ccc(OC)c(C(F)(F)CC2CCNC2)c1. The largest absolute Gasteiger partial charge is 0.496 e. The fraction of sp³-hybridized carbons (Fsp3) is 0.600. The molecule has 0 amide bonds. The van der Waals surface area contributed by atoms with Gasteiger partial charge in [-0.15, -0.1) is 0 Å². The smallest absolute Gasteiger partial charge is 0.277 e. The molecule has 0 spiro atoms. The third kappa shape index (κ3) is 3.24. The van der Waals surface area contributed by atoms with E-state index in [1.165, 1.54) is 7.11 Å². The minimum Gasteiger partial charge on any atom is -0.496 e. The van der Waals surface area contributed by atoms with Crippen LogP contribution in [-0.4, -0.2) is 20.2 Å². The van der Waals surface area contributed by atoms with Crippen LogP contribution >= 0.6 is 0 Å². The number of methoxy groups -OCH3 is 1. The number of alkyl halides is 2. The molecular weight excluding hydrogens is 248 g/mol. The second-order valence-corrected chi connectivity index (χ2v) is 5.16. The van der Waals surface area contributed by atoms with Gasteiger partial charge in [0, 0.05) is 6.42 Å². The fourth-order valence-electron chi connectivity index (χ4n) is 2.62. The first kappa shape index (κ1) is 14.3. The zero-order chi connectivity index (χ0) is 13.9. The molecule has 2 nitrogen and oxygen atoms in total. The molecule has 1 unspecified atom stereocenters. The van der Waals surface area contributed by atoms with Crippen LogP contribution in [0.5, 0.6) is 5.75 Å². The summed E-state index contributed by atoms with van der Waals surface area (Å²) in [7, 11) is 1.44. The predicted molar refractivity (Wildman–Crippen MR) is 71.9 cm³/mol. The molecular formula is C15H21F2NO. The van der Waals surface area contributed by atoms with Crippen molar-refractivity contribution in [3.8, 4) is 5.75 Å². The van der Waals surface area contributed by atoms with Crippen LogP contribution in [0, 0.1) is 5.92 Å². The lowest BCUT2D eigenvalue weighted by molar-refractivity contribution is -0.0287. The molecule has 2 rings (SSSR count). The lowest BCUT2D eigenvalue weighted by atomic mass is 9.93. The maximum absolute atomic E-state index is 14.5. The minimum absolute atomic E-state index is 0.0289.